The number of anilines is 1. The minimum Gasteiger partial charge on any atom is -0.346 e. The van der Waals surface area contributed by atoms with E-state index >= 15 is 0 Å². The van der Waals surface area contributed by atoms with Crippen LogP contribution in [0.4, 0.5) is 23.2 Å². The molecule has 1 fully saturated rings. The number of carbonyl (C=O) groups excluding carboxylic acids is 3. The van der Waals surface area contributed by atoms with E-state index in [2.05, 4.69) is 10.6 Å². The topological polar surface area (TPSA) is 78.5 Å². The molecule has 0 spiro atoms. The van der Waals surface area contributed by atoms with Crippen molar-refractivity contribution in [1.82, 2.24) is 10.6 Å². The molecule has 1 aliphatic rings. The Hall–Kier alpha value is -2.49. The summed E-state index contributed by atoms with van der Waals surface area (Å²) in [5.74, 6) is -5.49. The van der Waals surface area contributed by atoms with Crippen molar-refractivity contribution in [3.05, 3.63) is 29.6 Å². The Balaban J connectivity index is 2.47. The maximum atomic E-state index is 13.6. The molecule has 10 heteroatoms. The van der Waals surface area contributed by atoms with Crippen molar-refractivity contribution >= 4 is 23.4 Å². The summed E-state index contributed by atoms with van der Waals surface area (Å²) in [4.78, 5) is 37.7. The van der Waals surface area contributed by atoms with Crippen LogP contribution in [0, 0.1) is 11.7 Å². The van der Waals surface area contributed by atoms with E-state index in [1.807, 2.05) is 0 Å². The summed E-state index contributed by atoms with van der Waals surface area (Å²) < 4.78 is 52.6. The molecule has 1 aliphatic heterocycles. The first kappa shape index (κ1) is 20.8. The Morgan fingerprint density at radius 3 is 2.44 bits per heavy atom. The molecule has 0 aliphatic carbocycles. The average molecular weight is 389 g/mol. The zero-order valence-electron chi connectivity index (χ0n) is 14.7. The molecule has 0 saturated carbocycles. The van der Waals surface area contributed by atoms with Crippen molar-refractivity contribution in [2.45, 2.75) is 32.5 Å². The highest BCUT2D eigenvalue weighted by Gasteiger charge is 2.38. The van der Waals surface area contributed by atoms with Gasteiger partial charge in [0, 0.05) is 12.6 Å². The minimum atomic E-state index is -5.02. The standard InChI is InChI=1S/C17H19F4N3O3/c1-9(2)23-14(25)16(27)24(15(26)10-5-6-22-8-10)11-3-4-13(18)12(7-11)17(19,20)21/h3-4,7,9-10,22H,5-6,8H2,1-2H3,(H,23,25)/t10-/m0/s1. The van der Waals surface area contributed by atoms with Gasteiger partial charge in [-0.2, -0.15) is 13.2 Å². The van der Waals surface area contributed by atoms with Crippen LogP contribution in [0.5, 0.6) is 0 Å². The molecule has 1 aromatic rings. The lowest BCUT2D eigenvalue weighted by atomic mass is 10.1. The maximum Gasteiger partial charge on any atom is 0.419 e. The quantitative estimate of drug-likeness (QED) is 0.611. The van der Waals surface area contributed by atoms with E-state index in [4.69, 9.17) is 0 Å². The van der Waals surface area contributed by atoms with Gasteiger partial charge in [0.15, 0.2) is 0 Å². The van der Waals surface area contributed by atoms with Crippen molar-refractivity contribution in [2.24, 2.45) is 5.92 Å². The van der Waals surface area contributed by atoms with Gasteiger partial charge in [-0.05, 0) is 45.0 Å². The highest BCUT2D eigenvalue weighted by molar-refractivity contribution is 6.45. The van der Waals surface area contributed by atoms with E-state index in [-0.39, 0.29) is 6.54 Å². The highest BCUT2D eigenvalue weighted by Crippen LogP contribution is 2.34. The molecule has 0 unspecified atom stereocenters. The number of rotatable bonds is 3. The van der Waals surface area contributed by atoms with E-state index < -0.39 is 52.9 Å². The fourth-order valence-electron chi connectivity index (χ4n) is 2.69. The summed E-state index contributed by atoms with van der Waals surface area (Å²) in [6.45, 7) is 3.88. The molecular weight excluding hydrogens is 370 g/mol. The first-order chi connectivity index (χ1) is 12.5. The van der Waals surface area contributed by atoms with E-state index in [9.17, 15) is 31.9 Å². The third-order valence-corrected chi connectivity index (χ3v) is 3.96. The van der Waals surface area contributed by atoms with Gasteiger partial charge >= 0.3 is 18.0 Å². The van der Waals surface area contributed by atoms with Gasteiger partial charge in [0.1, 0.15) is 5.82 Å². The second kappa shape index (κ2) is 8.03. The predicted octanol–water partition coefficient (Wildman–Crippen LogP) is 1.84. The fourth-order valence-corrected chi connectivity index (χ4v) is 2.69. The Labute approximate surface area is 152 Å². The molecule has 6 nitrogen and oxygen atoms in total. The monoisotopic (exact) mass is 389 g/mol. The van der Waals surface area contributed by atoms with Crippen molar-refractivity contribution in [1.29, 1.82) is 0 Å². The third kappa shape index (κ3) is 4.82. The van der Waals surface area contributed by atoms with Gasteiger partial charge in [0.05, 0.1) is 17.2 Å². The Kier molecular flexibility index (Phi) is 6.19. The summed E-state index contributed by atoms with van der Waals surface area (Å²) in [6, 6.07) is 1.31. The predicted molar refractivity (Wildman–Crippen MR) is 88.2 cm³/mol. The van der Waals surface area contributed by atoms with Crippen molar-refractivity contribution < 1.29 is 31.9 Å². The molecule has 2 N–H and O–H groups in total. The molecule has 0 bridgehead atoms. The van der Waals surface area contributed by atoms with Crippen LogP contribution in [0.1, 0.15) is 25.8 Å². The third-order valence-electron chi connectivity index (χ3n) is 3.96. The first-order valence-electron chi connectivity index (χ1n) is 8.28. The van der Waals surface area contributed by atoms with Crippen molar-refractivity contribution in [2.75, 3.05) is 18.0 Å². The smallest absolute Gasteiger partial charge is 0.346 e. The first-order valence-corrected chi connectivity index (χ1v) is 8.28. The fraction of sp³-hybridized carbons (Fsp3) is 0.471. The number of hydrogen-bond acceptors (Lipinski definition) is 4. The number of hydrogen-bond donors (Lipinski definition) is 2. The van der Waals surface area contributed by atoms with Gasteiger partial charge in [0.25, 0.3) is 0 Å². The lowest BCUT2D eigenvalue weighted by molar-refractivity contribution is -0.141. The summed E-state index contributed by atoms with van der Waals surface area (Å²) in [5, 5.41) is 5.21. The average Bonchev–Trinajstić information content (AvgIpc) is 3.09. The summed E-state index contributed by atoms with van der Waals surface area (Å²) >= 11 is 0. The van der Waals surface area contributed by atoms with Gasteiger partial charge in [-0.15, -0.1) is 0 Å². The molecular formula is C17H19F4N3O3. The minimum absolute atomic E-state index is 0.224. The number of alkyl halides is 3. The Morgan fingerprint density at radius 2 is 1.93 bits per heavy atom. The summed E-state index contributed by atoms with van der Waals surface area (Å²) in [6.07, 6.45) is -4.66. The molecule has 27 heavy (non-hydrogen) atoms. The molecule has 2 rings (SSSR count). The zero-order chi connectivity index (χ0) is 20.4. The van der Waals surface area contributed by atoms with Crippen LogP contribution >= 0.6 is 0 Å². The molecule has 0 aromatic heterocycles. The van der Waals surface area contributed by atoms with E-state index in [0.717, 1.165) is 6.07 Å². The molecule has 1 heterocycles. The molecule has 3 amide bonds. The number of nitrogens with zero attached hydrogens (tertiary/aromatic N) is 1. The van der Waals surface area contributed by atoms with Crippen LogP contribution < -0.4 is 15.5 Å². The molecule has 1 atom stereocenters. The second-order valence-electron chi connectivity index (χ2n) is 6.46. The SMILES string of the molecule is CC(C)NC(=O)C(=O)N(C(=O)[C@H]1CCNC1)c1ccc(F)c(C(F)(F)F)c1. The lowest BCUT2D eigenvalue weighted by Crippen LogP contribution is -2.50. The number of carbonyl (C=O) groups is 3. The van der Waals surface area contributed by atoms with Crippen molar-refractivity contribution in [3.8, 4) is 0 Å². The van der Waals surface area contributed by atoms with Crippen LogP contribution in [-0.2, 0) is 20.6 Å². The Bertz CT molecular complexity index is 743. The molecule has 148 valence electrons. The largest absolute Gasteiger partial charge is 0.419 e. The molecule has 1 aromatic carbocycles. The normalized spacial score (nSPS) is 17.1. The lowest BCUT2D eigenvalue weighted by Gasteiger charge is -2.24. The van der Waals surface area contributed by atoms with E-state index in [1.165, 1.54) is 0 Å². The maximum absolute atomic E-state index is 13.6. The highest BCUT2D eigenvalue weighted by atomic mass is 19.4. The van der Waals surface area contributed by atoms with E-state index in [1.54, 1.807) is 13.8 Å². The Morgan fingerprint density at radius 1 is 1.26 bits per heavy atom. The van der Waals surface area contributed by atoms with Gasteiger partial charge in [-0.25, -0.2) is 9.29 Å². The van der Waals surface area contributed by atoms with Crippen LogP contribution in [0.3, 0.4) is 0 Å². The van der Waals surface area contributed by atoms with Crippen LogP contribution in [0.2, 0.25) is 0 Å². The van der Waals surface area contributed by atoms with Crippen LogP contribution in [-0.4, -0.2) is 36.9 Å². The molecule has 1 saturated heterocycles. The van der Waals surface area contributed by atoms with E-state index in [0.29, 0.717) is 30.0 Å². The van der Waals surface area contributed by atoms with Crippen LogP contribution in [0.15, 0.2) is 18.2 Å². The van der Waals surface area contributed by atoms with Gasteiger partial charge < -0.3 is 10.6 Å². The van der Waals surface area contributed by atoms with Gasteiger partial charge in [-0.1, -0.05) is 0 Å². The summed E-state index contributed by atoms with van der Waals surface area (Å²) in [5.41, 5.74) is -2.14. The number of benzene rings is 1. The zero-order valence-corrected chi connectivity index (χ0v) is 14.7. The van der Waals surface area contributed by atoms with Crippen LogP contribution in [0.25, 0.3) is 0 Å². The van der Waals surface area contributed by atoms with Gasteiger partial charge in [0.2, 0.25) is 5.91 Å². The number of imide groups is 1. The number of halogens is 4. The second-order valence-corrected chi connectivity index (χ2v) is 6.46. The summed E-state index contributed by atoms with van der Waals surface area (Å²) in [7, 11) is 0. The van der Waals surface area contributed by atoms with Gasteiger partial charge in [-0.3, -0.25) is 14.4 Å². The molecule has 0 radical (unpaired) electrons. The van der Waals surface area contributed by atoms with Crippen molar-refractivity contribution in [3.63, 3.8) is 0 Å². The number of amides is 3. The number of nitrogens with one attached hydrogen (secondary N) is 2.